The summed E-state index contributed by atoms with van der Waals surface area (Å²) in [5.74, 6) is -1.12. The van der Waals surface area contributed by atoms with Crippen molar-refractivity contribution in [2.45, 2.75) is 37.8 Å². The molecule has 0 spiro atoms. The molecule has 1 unspecified atom stereocenters. The minimum atomic E-state index is -3.79. The number of aliphatic carboxylic acids is 1. The van der Waals surface area contributed by atoms with Crippen molar-refractivity contribution in [3.05, 3.63) is 76.2 Å². The van der Waals surface area contributed by atoms with E-state index in [1.807, 2.05) is 30.3 Å². The lowest BCUT2D eigenvalue weighted by Crippen LogP contribution is -2.40. The fourth-order valence-electron chi connectivity index (χ4n) is 3.64. The van der Waals surface area contributed by atoms with Crippen molar-refractivity contribution in [1.82, 2.24) is 4.31 Å². The highest BCUT2D eigenvalue weighted by atomic mass is 32.2. The first-order chi connectivity index (χ1) is 14.8. The molecule has 31 heavy (non-hydrogen) atoms. The molecule has 1 atom stereocenters. The van der Waals surface area contributed by atoms with Gasteiger partial charge in [-0.3, -0.25) is 4.79 Å². The third-order valence-electron chi connectivity index (χ3n) is 5.42. The maximum absolute atomic E-state index is 12.9. The number of sulfonamides is 1. The van der Waals surface area contributed by atoms with Gasteiger partial charge in [-0.2, -0.15) is 4.31 Å². The summed E-state index contributed by atoms with van der Waals surface area (Å²) >= 11 is 1.41. The number of nitrogens with zero attached hydrogens (tertiary/aromatic N) is 1. The third-order valence-corrected chi connectivity index (χ3v) is 8.64. The lowest BCUT2D eigenvalue weighted by atomic mass is 10.1. The summed E-state index contributed by atoms with van der Waals surface area (Å²) in [5, 5.41) is 9.36. The zero-order valence-electron chi connectivity index (χ0n) is 17.3. The topological polar surface area (TPSA) is 74.7 Å². The molecule has 2 aromatic carbocycles. The molecule has 3 aromatic rings. The Hall–Kier alpha value is -2.74. The minimum absolute atomic E-state index is 0.116. The van der Waals surface area contributed by atoms with Gasteiger partial charge in [0.05, 0.1) is 11.4 Å². The van der Waals surface area contributed by atoms with E-state index in [-0.39, 0.29) is 17.9 Å². The number of carbonyl (C=O) groups is 1. The number of rotatable bonds is 6. The Balaban J connectivity index is 1.54. The summed E-state index contributed by atoms with van der Waals surface area (Å²) < 4.78 is 26.9. The van der Waals surface area contributed by atoms with Crippen LogP contribution in [0.15, 0.2) is 59.5 Å². The molecule has 0 bridgehead atoms. The van der Waals surface area contributed by atoms with E-state index in [0.29, 0.717) is 4.88 Å². The molecule has 0 radical (unpaired) electrons. The van der Waals surface area contributed by atoms with Crippen molar-refractivity contribution in [1.29, 1.82) is 0 Å². The van der Waals surface area contributed by atoms with Crippen LogP contribution in [0, 0.1) is 6.92 Å². The SMILES string of the molecule is CCC(C(=O)O)N1Cc2sc(-c3ccc(C=Cc4ccc(C)cc4)cc3)cc2S1(=O)=O. The molecular formula is C24H23NO4S2. The molecule has 160 valence electrons. The number of thiophene rings is 1. The van der Waals surface area contributed by atoms with E-state index in [2.05, 4.69) is 37.3 Å². The Morgan fingerprint density at radius 2 is 1.68 bits per heavy atom. The van der Waals surface area contributed by atoms with E-state index in [9.17, 15) is 18.3 Å². The van der Waals surface area contributed by atoms with Crippen LogP contribution in [0.4, 0.5) is 0 Å². The molecule has 1 aliphatic rings. The molecule has 0 fully saturated rings. The molecule has 1 aliphatic heterocycles. The van der Waals surface area contributed by atoms with Crippen molar-refractivity contribution in [3.63, 3.8) is 0 Å². The summed E-state index contributed by atoms with van der Waals surface area (Å²) in [5.41, 5.74) is 4.35. The van der Waals surface area contributed by atoms with Gasteiger partial charge in [0, 0.05) is 9.75 Å². The van der Waals surface area contributed by atoms with E-state index >= 15 is 0 Å². The number of aryl methyl sites for hydroxylation is 1. The van der Waals surface area contributed by atoms with Crippen LogP contribution >= 0.6 is 11.3 Å². The molecule has 7 heteroatoms. The number of carboxylic acids is 1. The molecule has 0 aliphatic carbocycles. The predicted octanol–water partition coefficient (Wildman–Crippen LogP) is 5.26. The highest BCUT2D eigenvalue weighted by molar-refractivity contribution is 7.89. The van der Waals surface area contributed by atoms with Crippen LogP contribution in [-0.2, 0) is 21.4 Å². The van der Waals surface area contributed by atoms with Crippen molar-refractivity contribution >= 4 is 39.5 Å². The summed E-state index contributed by atoms with van der Waals surface area (Å²) in [7, 11) is -3.79. The van der Waals surface area contributed by atoms with Gasteiger partial charge in [-0.25, -0.2) is 8.42 Å². The second-order valence-electron chi connectivity index (χ2n) is 7.58. The fraction of sp³-hybridized carbons (Fsp3) is 0.208. The first-order valence-corrected chi connectivity index (χ1v) is 12.3. The van der Waals surface area contributed by atoms with E-state index in [4.69, 9.17) is 0 Å². The molecule has 0 saturated carbocycles. The second-order valence-corrected chi connectivity index (χ2v) is 10.6. The minimum Gasteiger partial charge on any atom is -0.480 e. The highest BCUT2D eigenvalue weighted by Gasteiger charge is 2.42. The average Bonchev–Trinajstić information content (AvgIpc) is 3.27. The maximum Gasteiger partial charge on any atom is 0.322 e. The largest absolute Gasteiger partial charge is 0.480 e. The Morgan fingerprint density at radius 3 is 2.19 bits per heavy atom. The normalized spacial score (nSPS) is 16.5. The van der Waals surface area contributed by atoms with Crippen LogP contribution in [0.3, 0.4) is 0 Å². The van der Waals surface area contributed by atoms with Gasteiger partial charge in [0.15, 0.2) is 0 Å². The van der Waals surface area contributed by atoms with Crippen molar-refractivity contribution < 1.29 is 18.3 Å². The first-order valence-electron chi connectivity index (χ1n) is 10.0. The fourth-order valence-corrected chi connectivity index (χ4v) is 7.04. The van der Waals surface area contributed by atoms with E-state index in [1.165, 1.54) is 16.9 Å². The average molecular weight is 454 g/mol. The number of hydrogen-bond acceptors (Lipinski definition) is 4. The summed E-state index contributed by atoms with van der Waals surface area (Å²) in [6.07, 6.45) is 4.33. The summed E-state index contributed by atoms with van der Waals surface area (Å²) in [6.45, 7) is 3.86. The molecule has 5 nitrogen and oxygen atoms in total. The lowest BCUT2D eigenvalue weighted by molar-refractivity contribution is -0.141. The quantitative estimate of drug-likeness (QED) is 0.517. The standard InChI is InChI=1S/C24H23NO4S2/c1-3-20(24(26)27)25-15-22-23(31(25,28)29)14-21(30-22)19-12-10-18(11-13-19)9-8-17-6-4-16(2)5-7-17/h4-14,20H,3,15H2,1-2H3,(H,26,27). The zero-order valence-corrected chi connectivity index (χ0v) is 18.9. The van der Waals surface area contributed by atoms with E-state index in [0.717, 1.165) is 25.9 Å². The molecule has 1 aromatic heterocycles. The van der Waals surface area contributed by atoms with Gasteiger partial charge >= 0.3 is 5.97 Å². The van der Waals surface area contributed by atoms with Crippen LogP contribution in [0.1, 0.15) is 34.9 Å². The Morgan fingerprint density at radius 1 is 1.10 bits per heavy atom. The van der Waals surface area contributed by atoms with Gasteiger partial charge in [0.25, 0.3) is 0 Å². The van der Waals surface area contributed by atoms with Crippen molar-refractivity contribution in [3.8, 4) is 10.4 Å². The van der Waals surface area contributed by atoms with E-state index < -0.39 is 22.0 Å². The van der Waals surface area contributed by atoms with Crippen LogP contribution in [0.25, 0.3) is 22.6 Å². The number of benzene rings is 2. The van der Waals surface area contributed by atoms with E-state index in [1.54, 1.807) is 13.0 Å². The first kappa shape index (κ1) is 21.5. The highest BCUT2D eigenvalue weighted by Crippen LogP contribution is 2.42. The van der Waals surface area contributed by atoms with Crippen LogP contribution in [-0.4, -0.2) is 29.8 Å². The van der Waals surface area contributed by atoms with Crippen LogP contribution in [0.2, 0.25) is 0 Å². The smallest absolute Gasteiger partial charge is 0.322 e. The van der Waals surface area contributed by atoms with Crippen molar-refractivity contribution in [2.75, 3.05) is 0 Å². The van der Waals surface area contributed by atoms with Crippen LogP contribution in [0.5, 0.6) is 0 Å². The summed E-state index contributed by atoms with van der Waals surface area (Å²) in [6, 6.07) is 16.9. The Bertz CT molecular complexity index is 1240. The van der Waals surface area contributed by atoms with Gasteiger partial charge in [-0.1, -0.05) is 73.2 Å². The Kier molecular flexibility index (Phi) is 5.83. The van der Waals surface area contributed by atoms with Crippen LogP contribution < -0.4 is 0 Å². The third kappa shape index (κ3) is 4.21. The molecular weight excluding hydrogens is 430 g/mol. The molecule has 4 rings (SSSR count). The zero-order chi connectivity index (χ0) is 22.2. The molecule has 0 amide bonds. The maximum atomic E-state index is 12.9. The monoisotopic (exact) mass is 453 g/mol. The van der Waals surface area contributed by atoms with Gasteiger partial charge in [0.1, 0.15) is 6.04 Å². The van der Waals surface area contributed by atoms with Gasteiger partial charge in [-0.15, -0.1) is 11.3 Å². The molecule has 1 N–H and O–H groups in total. The van der Waals surface area contributed by atoms with Gasteiger partial charge in [0.2, 0.25) is 10.0 Å². The predicted molar refractivity (Wildman–Crippen MR) is 124 cm³/mol. The second kappa shape index (κ2) is 8.42. The van der Waals surface area contributed by atoms with Crippen molar-refractivity contribution in [2.24, 2.45) is 0 Å². The van der Waals surface area contributed by atoms with Gasteiger partial charge in [-0.05, 0) is 36.1 Å². The number of hydrogen-bond donors (Lipinski definition) is 1. The molecule has 0 saturated heterocycles. The number of carboxylic acid groups (broad SMARTS) is 1. The van der Waals surface area contributed by atoms with Gasteiger partial charge < -0.3 is 5.11 Å². The molecule has 2 heterocycles. The Labute approximate surface area is 186 Å². The number of fused-ring (bicyclic) bond motifs is 1. The summed E-state index contributed by atoms with van der Waals surface area (Å²) in [4.78, 5) is 13.2. The lowest BCUT2D eigenvalue weighted by Gasteiger charge is -2.21.